The van der Waals surface area contributed by atoms with Crippen LogP contribution in [0.1, 0.15) is 30.6 Å². The number of para-hydroxylation sites is 2. The van der Waals surface area contributed by atoms with E-state index in [1.165, 1.54) is 0 Å². The van der Waals surface area contributed by atoms with Gasteiger partial charge in [-0.25, -0.2) is 0 Å². The van der Waals surface area contributed by atoms with E-state index < -0.39 is 6.04 Å². The number of hydrogen-bond donors (Lipinski definition) is 4. The second-order valence-electron chi connectivity index (χ2n) is 7.75. The van der Waals surface area contributed by atoms with Crippen LogP contribution in [0, 0.1) is 5.92 Å². The lowest BCUT2D eigenvalue weighted by Gasteiger charge is -2.24. The van der Waals surface area contributed by atoms with E-state index in [9.17, 15) is 9.59 Å². The van der Waals surface area contributed by atoms with Gasteiger partial charge >= 0.3 is 0 Å². The van der Waals surface area contributed by atoms with Gasteiger partial charge in [-0.15, -0.1) is 0 Å². The number of amides is 2. The van der Waals surface area contributed by atoms with Gasteiger partial charge in [-0.05, 0) is 42.3 Å². The molecule has 158 valence electrons. The lowest BCUT2D eigenvalue weighted by Crippen LogP contribution is -2.51. The third-order valence-electron chi connectivity index (χ3n) is 5.65. The van der Waals surface area contributed by atoms with E-state index in [4.69, 9.17) is 0 Å². The summed E-state index contributed by atoms with van der Waals surface area (Å²) in [6.07, 6.45) is 0.755. The number of fused-ring (bicyclic) bond motifs is 3. The van der Waals surface area contributed by atoms with Crippen molar-refractivity contribution in [1.82, 2.24) is 15.7 Å². The van der Waals surface area contributed by atoms with Crippen LogP contribution >= 0.6 is 0 Å². The van der Waals surface area contributed by atoms with Gasteiger partial charge < -0.3 is 10.3 Å². The summed E-state index contributed by atoms with van der Waals surface area (Å²) >= 11 is 0. The van der Waals surface area contributed by atoms with Crippen molar-refractivity contribution in [2.45, 2.75) is 26.3 Å². The van der Waals surface area contributed by atoms with Gasteiger partial charge in [0.15, 0.2) is 0 Å². The SMILES string of the molecule is CC[C@H](C)C(NC(=O)c1ccc2[nH]c3ccccc3c2c1)C(=O)NNc1ccccc1. The van der Waals surface area contributed by atoms with Crippen LogP contribution in [-0.2, 0) is 4.79 Å². The van der Waals surface area contributed by atoms with Crippen LogP contribution in [0.25, 0.3) is 21.8 Å². The Labute approximate surface area is 181 Å². The fraction of sp³-hybridized carbons (Fsp3) is 0.200. The van der Waals surface area contributed by atoms with Crippen molar-refractivity contribution in [1.29, 1.82) is 0 Å². The summed E-state index contributed by atoms with van der Waals surface area (Å²) in [7, 11) is 0. The summed E-state index contributed by atoms with van der Waals surface area (Å²) in [4.78, 5) is 29.2. The smallest absolute Gasteiger partial charge is 0.261 e. The van der Waals surface area contributed by atoms with Crippen LogP contribution in [0.15, 0.2) is 72.8 Å². The van der Waals surface area contributed by atoms with E-state index in [0.717, 1.165) is 33.9 Å². The molecule has 0 radical (unpaired) electrons. The topological polar surface area (TPSA) is 86.0 Å². The van der Waals surface area contributed by atoms with Crippen molar-refractivity contribution in [3.63, 3.8) is 0 Å². The molecule has 3 aromatic carbocycles. The lowest BCUT2D eigenvalue weighted by atomic mass is 9.98. The number of nitrogens with one attached hydrogen (secondary N) is 4. The maximum Gasteiger partial charge on any atom is 0.261 e. The monoisotopic (exact) mass is 414 g/mol. The molecule has 4 rings (SSSR count). The summed E-state index contributed by atoms with van der Waals surface area (Å²) in [5, 5.41) is 4.97. The third kappa shape index (κ3) is 4.38. The molecule has 0 bridgehead atoms. The number of carbonyl (C=O) groups excluding carboxylic acids is 2. The van der Waals surface area contributed by atoms with Crippen LogP contribution in [0.3, 0.4) is 0 Å². The molecule has 0 saturated carbocycles. The molecule has 1 unspecified atom stereocenters. The molecule has 0 aliphatic heterocycles. The first kappa shape index (κ1) is 20.5. The first-order valence-electron chi connectivity index (χ1n) is 10.5. The Hall–Kier alpha value is -3.80. The van der Waals surface area contributed by atoms with Gasteiger partial charge in [0.25, 0.3) is 11.8 Å². The van der Waals surface area contributed by atoms with Crippen molar-refractivity contribution in [3.05, 3.63) is 78.4 Å². The molecule has 1 heterocycles. The molecular formula is C25H26N4O2. The predicted molar refractivity (Wildman–Crippen MR) is 125 cm³/mol. The molecule has 4 N–H and O–H groups in total. The first-order chi connectivity index (χ1) is 15.1. The van der Waals surface area contributed by atoms with Gasteiger partial charge in [0.1, 0.15) is 6.04 Å². The number of hydrazine groups is 1. The maximum absolute atomic E-state index is 13.0. The summed E-state index contributed by atoms with van der Waals surface area (Å²) in [5.74, 6) is -0.578. The van der Waals surface area contributed by atoms with Crippen molar-refractivity contribution in [2.75, 3.05) is 5.43 Å². The number of carbonyl (C=O) groups is 2. The quantitative estimate of drug-likeness (QED) is 0.333. The molecule has 2 amide bonds. The minimum atomic E-state index is -0.660. The first-order valence-corrected chi connectivity index (χ1v) is 10.5. The molecular weight excluding hydrogens is 388 g/mol. The Kier molecular flexibility index (Phi) is 5.89. The molecule has 6 heteroatoms. The molecule has 4 aromatic rings. The molecule has 31 heavy (non-hydrogen) atoms. The van der Waals surface area contributed by atoms with Crippen LogP contribution in [0.5, 0.6) is 0 Å². The van der Waals surface area contributed by atoms with Crippen molar-refractivity contribution < 1.29 is 9.59 Å². The highest BCUT2D eigenvalue weighted by molar-refractivity contribution is 6.10. The highest BCUT2D eigenvalue weighted by Gasteiger charge is 2.26. The fourth-order valence-electron chi connectivity index (χ4n) is 3.65. The zero-order valence-corrected chi connectivity index (χ0v) is 17.6. The largest absolute Gasteiger partial charge is 0.355 e. The number of anilines is 1. The summed E-state index contributed by atoms with van der Waals surface area (Å²) < 4.78 is 0. The van der Waals surface area contributed by atoms with Crippen LogP contribution < -0.4 is 16.2 Å². The number of hydrogen-bond acceptors (Lipinski definition) is 3. The fourth-order valence-corrected chi connectivity index (χ4v) is 3.65. The van der Waals surface area contributed by atoms with Crippen molar-refractivity contribution in [3.8, 4) is 0 Å². The van der Waals surface area contributed by atoms with Gasteiger partial charge in [0, 0.05) is 27.4 Å². The van der Waals surface area contributed by atoms with E-state index >= 15 is 0 Å². The van der Waals surface area contributed by atoms with E-state index in [-0.39, 0.29) is 17.7 Å². The Morgan fingerprint density at radius 3 is 2.39 bits per heavy atom. The highest BCUT2D eigenvalue weighted by Crippen LogP contribution is 2.26. The second-order valence-corrected chi connectivity index (χ2v) is 7.75. The number of rotatable bonds is 7. The summed E-state index contributed by atoms with van der Waals surface area (Å²) in [6, 6.07) is 22.3. The van der Waals surface area contributed by atoms with Crippen LogP contribution in [0.4, 0.5) is 5.69 Å². The second kappa shape index (κ2) is 8.92. The minimum Gasteiger partial charge on any atom is -0.355 e. The summed E-state index contributed by atoms with van der Waals surface area (Å²) in [5.41, 5.74) is 8.91. The lowest BCUT2D eigenvalue weighted by molar-refractivity contribution is -0.123. The zero-order chi connectivity index (χ0) is 21.8. The Morgan fingerprint density at radius 2 is 1.61 bits per heavy atom. The number of aromatic amines is 1. The van der Waals surface area contributed by atoms with Gasteiger partial charge in [0.05, 0.1) is 5.69 Å². The average Bonchev–Trinajstić information content (AvgIpc) is 3.19. The van der Waals surface area contributed by atoms with Crippen molar-refractivity contribution in [2.24, 2.45) is 5.92 Å². The molecule has 6 nitrogen and oxygen atoms in total. The van der Waals surface area contributed by atoms with E-state index in [0.29, 0.717) is 5.56 Å². The molecule has 1 aromatic heterocycles. The van der Waals surface area contributed by atoms with Crippen molar-refractivity contribution >= 4 is 39.3 Å². The maximum atomic E-state index is 13.0. The number of benzene rings is 3. The standard InChI is InChI=1S/C25H26N4O2/c1-3-16(2)23(25(31)29-28-18-9-5-4-6-10-18)27-24(30)17-13-14-22-20(15-17)19-11-7-8-12-21(19)26-22/h4-16,23,26,28H,3H2,1-2H3,(H,27,30)(H,29,31)/t16-,23?/m0/s1. The zero-order valence-electron chi connectivity index (χ0n) is 17.6. The molecule has 2 atom stereocenters. The summed E-state index contributed by atoms with van der Waals surface area (Å²) in [6.45, 7) is 3.95. The average molecular weight is 415 g/mol. The molecule has 0 saturated heterocycles. The van der Waals surface area contributed by atoms with Crippen LogP contribution in [-0.4, -0.2) is 22.8 Å². The highest BCUT2D eigenvalue weighted by atomic mass is 16.2. The van der Waals surface area contributed by atoms with Gasteiger partial charge in [-0.1, -0.05) is 56.7 Å². The van der Waals surface area contributed by atoms with Gasteiger partial charge in [-0.3, -0.25) is 20.4 Å². The Morgan fingerprint density at radius 1 is 0.903 bits per heavy atom. The van der Waals surface area contributed by atoms with Gasteiger partial charge in [0.2, 0.25) is 0 Å². The molecule has 0 aliphatic carbocycles. The predicted octanol–water partition coefficient (Wildman–Crippen LogP) is 4.61. The Balaban J connectivity index is 1.53. The minimum absolute atomic E-state index is 0.0293. The normalized spacial score (nSPS) is 13.0. The molecule has 0 fully saturated rings. The number of H-pyrrole nitrogens is 1. The van der Waals surface area contributed by atoms with E-state index in [1.54, 1.807) is 6.07 Å². The van der Waals surface area contributed by atoms with Crippen LogP contribution in [0.2, 0.25) is 0 Å². The Bertz CT molecular complexity index is 1220. The number of aromatic nitrogens is 1. The molecule has 0 spiro atoms. The van der Waals surface area contributed by atoms with Gasteiger partial charge in [-0.2, -0.15) is 0 Å². The van der Waals surface area contributed by atoms with E-state index in [2.05, 4.69) is 21.2 Å². The van der Waals surface area contributed by atoms with E-state index in [1.807, 2.05) is 80.6 Å². The molecule has 0 aliphatic rings. The third-order valence-corrected chi connectivity index (χ3v) is 5.65.